The number of carboxylic acids is 1. The molecule has 1 atom stereocenters. The number of aliphatic carboxylic acids is 1. The molecule has 3 nitrogen and oxygen atoms in total. The zero-order chi connectivity index (χ0) is 13.3. The second-order valence-electron chi connectivity index (χ2n) is 5.33. The van der Waals surface area contributed by atoms with Crippen molar-refractivity contribution in [2.75, 3.05) is 6.54 Å². The molecule has 0 amide bonds. The van der Waals surface area contributed by atoms with Gasteiger partial charge in [-0.1, -0.05) is 23.8 Å². The predicted octanol–water partition coefficient (Wildman–Crippen LogP) is 2.91. The summed E-state index contributed by atoms with van der Waals surface area (Å²) in [6, 6.07) is 7.03. The molecule has 0 aliphatic heterocycles. The minimum Gasteiger partial charge on any atom is -0.480 e. The van der Waals surface area contributed by atoms with Gasteiger partial charge in [0.2, 0.25) is 0 Å². The summed E-state index contributed by atoms with van der Waals surface area (Å²) in [5.74, 6) is -0.737. The van der Waals surface area contributed by atoms with Gasteiger partial charge in [0, 0.05) is 12.1 Å². The molecule has 1 fully saturated rings. The zero-order valence-electron chi connectivity index (χ0n) is 11.3. The maximum atomic E-state index is 11.0. The van der Waals surface area contributed by atoms with Gasteiger partial charge in [0.1, 0.15) is 0 Å². The highest BCUT2D eigenvalue weighted by molar-refractivity contribution is 5.69. The van der Waals surface area contributed by atoms with Crippen LogP contribution in [-0.2, 0) is 4.79 Å². The molecule has 1 aliphatic carbocycles. The highest BCUT2D eigenvalue weighted by Crippen LogP contribution is 2.35. The van der Waals surface area contributed by atoms with Crippen LogP contribution >= 0.6 is 0 Å². The van der Waals surface area contributed by atoms with Crippen LogP contribution in [0.25, 0.3) is 0 Å². The molecule has 1 unspecified atom stereocenters. The average molecular weight is 247 g/mol. The van der Waals surface area contributed by atoms with Crippen molar-refractivity contribution in [3.63, 3.8) is 0 Å². The van der Waals surface area contributed by atoms with Crippen LogP contribution < -0.4 is 0 Å². The van der Waals surface area contributed by atoms with E-state index in [0.29, 0.717) is 6.04 Å². The molecule has 3 heteroatoms. The molecule has 0 aromatic heterocycles. The molecule has 98 valence electrons. The SMILES string of the molecule is Cc1ccc(C(C)N(CC(=O)O)C2CC2)c(C)c1. The van der Waals surface area contributed by atoms with Crippen molar-refractivity contribution in [1.82, 2.24) is 4.90 Å². The van der Waals surface area contributed by atoms with E-state index >= 15 is 0 Å². The van der Waals surface area contributed by atoms with Gasteiger partial charge in [-0.25, -0.2) is 0 Å². The minimum absolute atomic E-state index is 0.138. The van der Waals surface area contributed by atoms with Gasteiger partial charge < -0.3 is 5.11 Å². The quantitative estimate of drug-likeness (QED) is 0.869. The third-order valence-corrected chi connectivity index (χ3v) is 3.71. The minimum atomic E-state index is -0.737. The fraction of sp³-hybridized carbons (Fsp3) is 0.533. The molecule has 1 N–H and O–H groups in total. The van der Waals surface area contributed by atoms with Crippen LogP contribution in [0.4, 0.5) is 0 Å². The van der Waals surface area contributed by atoms with Crippen molar-refractivity contribution >= 4 is 5.97 Å². The Labute approximate surface area is 108 Å². The van der Waals surface area contributed by atoms with Crippen molar-refractivity contribution in [1.29, 1.82) is 0 Å². The topological polar surface area (TPSA) is 40.5 Å². The summed E-state index contributed by atoms with van der Waals surface area (Å²) in [4.78, 5) is 13.1. The Kier molecular flexibility index (Phi) is 3.71. The van der Waals surface area contributed by atoms with Crippen LogP contribution in [0.5, 0.6) is 0 Å². The smallest absolute Gasteiger partial charge is 0.317 e. The molecular formula is C15H21NO2. The van der Waals surface area contributed by atoms with E-state index in [1.165, 1.54) is 16.7 Å². The Morgan fingerprint density at radius 1 is 1.44 bits per heavy atom. The summed E-state index contributed by atoms with van der Waals surface area (Å²) in [5, 5.41) is 9.03. The van der Waals surface area contributed by atoms with E-state index in [1.807, 2.05) is 0 Å². The molecule has 1 aromatic carbocycles. The predicted molar refractivity (Wildman–Crippen MR) is 71.7 cm³/mol. The second-order valence-corrected chi connectivity index (χ2v) is 5.33. The summed E-state index contributed by atoms with van der Waals surface area (Å²) < 4.78 is 0. The Balaban J connectivity index is 2.21. The number of hydrogen-bond acceptors (Lipinski definition) is 2. The maximum Gasteiger partial charge on any atom is 0.317 e. The van der Waals surface area contributed by atoms with Gasteiger partial charge in [-0.05, 0) is 44.7 Å². The van der Waals surface area contributed by atoms with Gasteiger partial charge in [0.15, 0.2) is 0 Å². The molecule has 0 spiro atoms. The van der Waals surface area contributed by atoms with Gasteiger partial charge in [0.25, 0.3) is 0 Å². The van der Waals surface area contributed by atoms with Crippen LogP contribution in [0, 0.1) is 13.8 Å². The number of hydrogen-bond donors (Lipinski definition) is 1. The van der Waals surface area contributed by atoms with E-state index in [4.69, 9.17) is 5.11 Å². The van der Waals surface area contributed by atoms with Gasteiger partial charge in [-0.3, -0.25) is 9.69 Å². The Morgan fingerprint density at radius 2 is 2.11 bits per heavy atom. The normalized spacial score (nSPS) is 16.9. The largest absolute Gasteiger partial charge is 0.480 e. The molecule has 1 aromatic rings. The van der Waals surface area contributed by atoms with Gasteiger partial charge in [0.05, 0.1) is 6.54 Å². The lowest BCUT2D eigenvalue weighted by molar-refractivity contribution is -0.139. The van der Waals surface area contributed by atoms with E-state index in [-0.39, 0.29) is 12.6 Å². The number of carboxylic acid groups (broad SMARTS) is 1. The third-order valence-electron chi connectivity index (χ3n) is 3.71. The highest BCUT2D eigenvalue weighted by Gasteiger charge is 2.34. The van der Waals surface area contributed by atoms with Crippen molar-refractivity contribution in [2.45, 2.75) is 45.7 Å². The summed E-state index contributed by atoms with van der Waals surface area (Å²) in [5.41, 5.74) is 3.74. The number of benzene rings is 1. The molecule has 0 heterocycles. The van der Waals surface area contributed by atoms with E-state index in [1.54, 1.807) is 0 Å². The Hall–Kier alpha value is -1.35. The van der Waals surface area contributed by atoms with Crippen molar-refractivity contribution in [3.8, 4) is 0 Å². The molecular weight excluding hydrogens is 226 g/mol. The maximum absolute atomic E-state index is 11.0. The first kappa shape index (κ1) is 13.1. The van der Waals surface area contributed by atoms with Gasteiger partial charge in [-0.2, -0.15) is 0 Å². The first-order chi connectivity index (χ1) is 8.49. The Morgan fingerprint density at radius 3 is 2.61 bits per heavy atom. The van der Waals surface area contributed by atoms with Crippen LogP contribution in [-0.4, -0.2) is 28.6 Å². The molecule has 0 bridgehead atoms. The van der Waals surface area contributed by atoms with E-state index in [2.05, 4.69) is 43.9 Å². The lowest BCUT2D eigenvalue weighted by atomic mass is 9.99. The van der Waals surface area contributed by atoms with Crippen molar-refractivity contribution in [3.05, 3.63) is 34.9 Å². The lowest BCUT2D eigenvalue weighted by Gasteiger charge is -2.29. The number of carbonyl (C=O) groups is 1. The zero-order valence-corrected chi connectivity index (χ0v) is 11.3. The van der Waals surface area contributed by atoms with Gasteiger partial charge >= 0.3 is 5.97 Å². The third kappa shape index (κ3) is 2.91. The molecule has 18 heavy (non-hydrogen) atoms. The van der Waals surface area contributed by atoms with Crippen LogP contribution in [0.1, 0.15) is 42.5 Å². The first-order valence-corrected chi connectivity index (χ1v) is 6.53. The first-order valence-electron chi connectivity index (χ1n) is 6.53. The fourth-order valence-corrected chi connectivity index (χ4v) is 2.62. The lowest BCUT2D eigenvalue weighted by Crippen LogP contribution is -2.34. The van der Waals surface area contributed by atoms with Gasteiger partial charge in [-0.15, -0.1) is 0 Å². The number of aryl methyl sites for hydroxylation is 2. The molecule has 2 rings (SSSR count). The summed E-state index contributed by atoms with van der Waals surface area (Å²) >= 11 is 0. The Bertz CT molecular complexity index is 452. The standard InChI is InChI=1S/C15H21NO2/c1-10-4-7-14(11(2)8-10)12(3)16(9-15(17)18)13-5-6-13/h4,7-8,12-13H,5-6,9H2,1-3H3,(H,17,18). The summed E-state index contributed by atoms with van der Waals surface area (Å²) in [7, 11) is 0. The van der Waals surface area contributed by atoms with Crippen LogP contribution in [0.2, 0.25) is 0 Å². The van der Waals surface area contributed by atoms with E-state index in [9.17, 15) is 4.79 Å². The van der Waals surface area contributed by atoms with Crippen LogP contribution in [0.15, 0.2) is 18.2 Å². The van der Waals surface area contributed by atoms with E-state index < -0.39 is 5.97 Å². The number of rotatable bonds is 5. The molecule has 0 radical (unpaired) electrons. The fourth-order valence-electron chi connectivity index (χ4n) is 2.62. The molecule has 1 saturated carbocycles. The summed E-state index contributed by atoms with van der Waals surface area (Å²) in [6.07, 6.45) is 2.26. The molecule has 1 aliphatic rings. The highest BCUT2D eigenvalue weighted by atomic mass is 16.4. The number of nitrogens with zero attached hydrogens (tertiary/aromatic N) is 1. The van der Waals surface area contributed by atoms with Crippen LogP contribution in [0.3, 0.4) is 0 Å². The van der Waals surface area contributed by atoms with Crippen molar-refractivity contribution in [2.24, 2.45) is 0 Å². The monoisotopic (exact) mass is 247 g/mol. The average Bonchev–Trinajstić information content (AvgIpc) is 3.08. The van der Waals surface area contributed by atoms with Crippen molar-refractivity contribution < 1.29 is 9.90 Å². The van der Waals surface area contributed by atoms with E-state index in [0.717, 1.165) is 12.8 Å². The summed E-state index contributed by atoms with van der Waals surface area (Å²) in [6.45, 7) is 6.43. The second kappa shape index (κ2) is 5.11. The molecule has 0 saturated heterocycles.